The van der Waals surface area contributed by atoms with Gasteiger partial charge in [-0.05, 0) is 31.2 Å². The fraction of sp³-hybridized carbons (Fsp3) is 0.667. The van der Waals surface area contributed by atoms with E-state index in [4.69, 9.17) is 14.2 Å². The van der Waals surface area contributed by atoms with Gasteiger partial charge < -0.3 is 14.2 Å². The molecule has 1 aromatic carbocycles. The fourth-order valence-electron chi connectivity index (χ4n) is 5.57. The first-order valence-electron chi connectivity index (χ1n) is 9.46. The molecule has 1 aliphatic carbocycles. The van der Waals surface area contributed by atoms with Crippen LogP contribution in [-0.4, -0.2) is 24.8 Å². The summed E-state index contributed by atoms with van der Waals surface area (Å²) in [6, 6.07) is 8.24. The Morgan fingerprint density at radius 3 is 2.84 bits per heavy atom. The molecule has 2 heterocycles. The molecule has 1 saturated heterocycles. The molecule has 2 fully saturated rings. The molecule has 4 rings (SSSR count). The van der Waals surface area contributed by atoms with Gasteiger partial charge in [-0.1, -0.05) is 39.0 Å². The van der Waals surface area contributed by atoms with Crippen LogP contribution in [0.25, 0.3) is 0 Å². The van der Waals surface area contributed by atoms with Crippen molar-refractivity contribution in [2.24, 2.45) is 23.2 Å². The molecule has 0 unspecified atom stereocenters. The largest absolute Gasteiger partial charge is 0.487 e. The van der Waals surface area contributed by atoms with Crippen molar-refractivity contribution in [2.45, 2.75) is 52.2 Å². The molecule has 0 N–H and O–H groups in total. The molecule has 0 amide bonds. The van der Waals surface area contributed by atoms with Crippen LogP contribution in [0.1, 0.15) is 52.2 Å². The quantitative estimate of drug-likeness (QED) is 0.773. The second kappa shape index (κ2) is 5.73. The van der Waals surface area contributed by atoms with Gasteiger partial charge in [-0.2, -0.15) is 0 Å². The predicted molar refractivity (Wildman–Crippen MR) is 94.3 cm³/mol. The van der Waals surface area contributed by atoms with Crippen LogP contribution in [0.3, 0.4) is 0 Å². The Morgan fingerprint density at radius 2 is 2.08 bits per heavy atom. The smallest absolute Gasteiger partial charge is 0.305 e. The fourth-order valence-corrected chi connectivity index (χ4v) is 5.57. The van der Waals surface area contributed by atoms with Crippen molar-refractivity contribution in [3.05, 3.63) is 29.8 Å². The third kappa shape index (κ3) is 2.33. The van der Waals surface area contributed by atoms with Gasteiger partial charge in [0.15, 0.2) is 0 Å². The molecule has 4 nitrogen and oxygen atoms in total. The summed E-state index contributed by atoms with van der Waals surface area (Å²) in [6.45, 7) is 9.70. The minimum Gasteiger partial charge on any atom is -0.487 e. The molecule has 1 saturated carbocycles. The van der Waals surface area contributed by atoms with E-state index in [-0.39, 0.29) is 29.0 Å². The van der Waals surface area contributed by atoms with Crippen molar-refractivity contribution in [1.29, 1.82) is 0 Å². The van der Waals surface area contributed by atoms with Crippen LogP contribution in [-0.2, 0) is 14.3 Å². The standard InChI is InChI=1S/C21H28O4/c1-5-17(22)23-11-21-12-24-19-15-8-6-7-9-16(15)25-20(4,10-13(21)2)18(19)14(21)3/h6-9,13-14,18-19H,5,10-12H2,1-4H3/t13-,14+,18-,19+,20-,21-/m0/s1. The summed E-state index contributed by atoms with van der Waals surface area (Å²) in [4.78, 5) is 11.8. The number of carbonyl (C=O) groups is 1. The lowest BCUT2D eigenvalue weighted by Gasteiger charge is -2.63. The van der Waals surface area contributed by atoms with Gasteiger partial charge in [0.1, 0.15) is 11.4 Å². The number of ether oxygens (including phenoxy) is 3. The maximum absolute atomic E-state index is 11.8. The number of hydrogen-bond donors (Lipinski definition) is 0. The molecule has 136 valence electrons. The van der Waals surface area contributed by atoms with Crippen LogP contribution >= 0.6 is 0 Å². The third-order valence-electron chi connectivity index (χ3n) is 7.06. The Bertz CT molecular complexity index is 686. The van der Waals surface area contributed by atoms with Crippen LogP contribution < -0.4 is 4.74 Å². The molecule has 0 radical (unpaired) electrons. The molecule has 25 heavy (non-hydrogen) atoms. The number of carbonyl (C=O) groups excluding carboxylic acids is 1. The maximum atomic E-state index is 11.8. The van der Waals surface area contributed by atoms with E-state index in [2.05, 4.69) is 39.0 Å². The molecule has 2 aliphatic heterocycles. The lowest BCUT2D eigenvalue weighted by Crippen LogP contribution is -2.66. The van der Waals surface area contributed by atoms with E-state index < -0.39 is 0 Å². The average molecular weight is 344 g/mol. The number of para-hydroxylation sites is 1. The molecule has 3 aliphatic rings. The number of benzene rings is 1. The molecular formula is C21H28O4. The van der Waals surface area contributed by atoms with Crippen LogP contribution in [0.4, 0.5) is 0 Å². The van der Waals surface area contributed by atoms with Crippen molar-refractivity contribution in [1.82, 2.24) is 0 Å². The highest BCUT2D eigenvalue weighted by Gasteiger charge is 2.64. The highest BCUT2D eigenvalue weighted by atomic mass is 16.5. The molecule has 0 aromatic heterocycles. The third-order valence-corrected chi connectivity index (χ3v) is 7.06. The zero-order chi connectivity index (χ0) is 17.8. The van der Waals surface area contributed by atoms with E-state index in [1.807, 2.05) is 13.0 Å². The predicted octanol–water partition coefficient (Wildman–Crippen LogP) is 4.14. The van der Waals surface area contributed by atoms with Crippen LogP contribution in [0.15, 0.2) is 24.3 Å². The van der Waals surface area contributed by atoms with E-state index in [9.17, 15) is 4.79 Å². The maximum Gasteiger partial charge on any atom is 0.305 e. The number of hydrogen-bond acceptors (Lipinski definition) is 4. The van der Waals surface area contributed by atoms with E-state index in [0.29, 0.717) is 31.5 Å². The number of rotatable bonds is 3. The molecule has 1 aromatic rings. The summed E-state index contributed by atoms with van der Waals surface area (Å²) < 4.78 is 18.6. The van der Waals surface area contributed by atoms with Gasteiger partial charge in [0.05, 0.1) is 19.3 Å². The van der Waals surface area contributed by atoms with Crippen molar-refractivity contribution in [3.63, 3.8) is 0 Å². The summed E-state index contributed by atoms with van der Waals surface area (Å²) in [5, 5.41) is 0. The SMILES string of the molecule is CCC(=O)OC[C@]12CO[C@@H]3c4ccccc4O[C@@](C)(C[C@@H]1C)[C@H]3[C@H]2C. The highest BCUT2D eigenvalue weighted by molar-refractivity contribution is 5.68. The normalized spacial score (nSPS) is 41.4. The summed E-state index contributed by atoms with van der Waals surface area (Å²) in [5.41, 5.74) is 0.794. The van der Waals surface area contributed by atoms with Crippen molar-refractivity contribution < 1.29 is 19.0 Å². The lowest BCUT2D eigenvalue weighted by atomic mass is 9.50. The Kier molecular flexibility index (Phi) is 3.87. The van der Waals surface area contributed by atoms with Crippen molar-refractivity contribution in [2.75, 3.05) is 13.2 Å². The Morgan fingerprint density at radius 1 is 1.32 bits per heavy atom. The van der Waals surface area contributed by atoms with Crippen molar-refractivity contribution in [3.8, 4) is 5.75 Å². The Balaban J connectivity index is 1.72. The topological polar surface area (TPSA) is 44.8 Å². The van der Waals surface area contributed by atoms with Crippen LogP contribution in [0.5, 0.6) is 5.75 Å². The summed E-state index contributed by atoms with van der Waals surface area (Å²) in [6.07, 6.45) is 1.44. The van der Waals surface area contributed by atoms with Gasteiger partial charge in [0.25, 0.3) is 0 Å². The number of esters is 1. The van der Waals surface area contributed by atoms with Gasteiger partial charge >= 0.3 is 5.97 Å². The van der Waals surface area contributed by atoms with Gasteiger partial charge in [-0.25, -0.2) is 0 Å². The summed E-state index contributed by atoms with van der Waals surface area (Å²) >= 11 is 0. The first kappa shape index (κ1) is 16.9. The van der Waals surface area contributed by atoms with E-state index in [1.165, 1.54) is 0 Å². The zero-order valence-corrected chi connectivity index (χ0v) is 15.6. The second-order valence-corrected chi connectivity index (χ2v) is 8.35. The first-order valence-corrected chi connectivity index (χ1v) is 9.46. The number of fused-ring (bicyclic) bond motifs is 3. The van der Waals surface area contributed by atoms with Gasteiger partial charge in [0.2, 0.25) is 0 Å². The highest BCUT2D eigenvalue weighted by Crippen LogP contribution is 2.63. The monoisotopic (exact) mass is 344 g/mol. The van der Waals surface area contributed by atoms with Gasteiger partial charge in [-0.3, -0.25) is 4.79 Å². The summed E-state index contributed by atoms with van der Waals surface area (Å²) in [5.74, 6) is 1.82. The van der Waals surface area contributed by atoms with E-state index in [0.717, 1.165) is 17.7 Å². The van der Waals surface area contributed by atoms with Crippen molar-refractivity contribution >= 4 is 5.97 Å². The first-order chi connectivity index (χ1) is 11.9. The molecular weight excluding hydrogens is 316 g/mol. The molecule has 4 heteroatoms. The van der Waals surface area contributed by atoms with E-state index >= 15 is 0 Å². The van der Waals surface area contributed by atoms with Crippen LogP contribution in [0, 0.1) is 23.2 Å². The Hall–Kier alpha value is -1.55. The lowest BCUT2D eigenvalue weighted by molar-refractivity contribution is -0.262. The van der Waals surface area contributed by atoms with Crippen LogP contribution in [0.2, 0.25) is 0 Å². The molecule has 2 bridgehead atoms. The molecule has 6 atom stereocenters. The van der Waals surface area contributed by atoms with Gasteiger partial charge in [0, 0.05) is 23.3 Å². The Labute approximate surface area is 149 Å². The molecule has 0 spiro atoms. The minimum absolute atomic E-state index is 0.0625. The summed E-state index contributed by atoms with van der Waals surface area (Å²) in [7, 11) is 0. The minimum atomic E-state index is -0.240. The van der Waals surface area contributed by atoms with E-state index in [1.54, 1.807) is 0 Å². The second-order valence-electron chi connectivity index (χ2n) is 8.35. The zero-order valence-electron chi connectivity index (χ0n) is 15.6. The van der Waals surface area contributed by atoms with Gasteiger partial charge in [-0.15, -0.1) is 0 Å². The average Bonchev–Trinajstić information content (AvgIpc) is 2.59.